The third-order valence-corrected chi connectivity index (χ3v) is 4.02. The van der Waals surface area contributed by atoms with Crippen LogP contribution in [0, 0.1) is 5.82 Å². The second-order valence-electron chi connectivity index (χ2n) is 5.89. The highest BCUT2D eigenvalue weighted by Crippen LogP contribution is 2.15. The van der Waals surface area contributed by atoms with Gasteiger partial charge in [0.05, 0.1) is 24.7 Å². The summed E-state index contributed by atoms with van der Waals surface area (Å²) in [6.45, 7) is 0.731. The number of nitrogens with zero attached hydrogens (tertiary/aromatic N) is 1. The molecule has 5 nitrogen and oxygen atoms in total. The molecular weight excluding hydrogens is 345 g/mol. The minimum Gasteiger partial charge on any atom is -0.497 e. The molecule has 0 saturated heterocycles. The number of nitrogens with one attached hydrogen (secondary N) is 2. The number of benzene rings is 2. The summed E-state index contributed by atoms with van der Waals surface area (Å²) in [7, 11) is 1.64. The maximum absolute atomic E-state index is 13.6. The van der Waals surface area contributed by atoms with Crippen LogP contribution in [0.3, 0.4) is 0 Å². The minimum absolute atomic E-state index is 0.131. The number of methoxy groups -OCH3 is 1. The molecular formula is C21H20FN3O2. The van der Waals surface area contributed by atoms with Crippen molar-refractivity contribution in [1.82, 2.24) is 4.98 Å². The summed E-state index contributed by atoms with van der Waals surface area (Å²) in [5.41, 5.74) is 2.35. The first-order chi connectivity index (χ1) is 13.2. The molecule has 0 aliphatic carbocycles. The van der Waals surface area contributed by atoms with Crippen molar-refractivity contribution in [3.05, 3.63) is 83.9 Å². The minimum atomic E-state index is -0.484. The van der Waals surface area contributed by atoms with Crippen LogP contribution >= 0.6 is 0 Å². The number of carbonyl (C=O) groups excluding carboxylic acids is 1. The van der Waals surface area contributed by atoms with Crippen molar-refractivity contribution in [3.63, 3.8) is 0 Å². The van der Waals surface area contributed by atoms with Gasteiger partial charge in [-0.25, -0.2) is 9.37 Å². The Morgan fingerprint density at radius 3 is 2.52 bits per heavy atom. The van der Waals surface area contributed by atoms with Crippen LogP contribution in [0.5, 0.6) is 5.75 Å². The fourth-order valence-electron chi connectivity index (χ4n) is 2.53. The second kappa shape index (κ2) is 8.80. The van der Waals surface area contributed by atoms with Crippen molar-refractivity contribution in [2.24, 2.45) is 0 Å². The van der Waals surface area contributed by atoms with E-state index in [1.54, 1.807) is 37.6 Å². The first kappa shape index (κ1) is 18.4. The van der Waals surface area contributed by atoms with Crippen molar-refractivity contribution in [1.29, 1.82) is 0 Å². The zero-order chi connectivity index (χ0) is 19.1. The average molecular weight is 365 g/mol. The lowest BCUT2D eigenvalue weighted by atomic mass is 10.1. The van der Waals surface area contributed by atoms with Crippen LogP contribution in [0.15, 0.2) is 66.9 Å². The highest BCUT2D eigenvalue weighted by atomic mass is 19.1. The van der Waals surface area contributed by atoms with E-state index in [9.17, 15) is 9.18 Å². The van der Waals surface area contributed by atoms with E-state index in [4.69, 9.17) is 4.74 Å². The zero-order valence-electron chi connectivity index (χ0n) is 14.9. The van der Waals surface area contributed by atoms with Crippen LogP contribution in [0.25, 0.3) is 0 Å². The molecule has 1 heterocycles. The number of hydrogen-bond donors (Lipinski definition) is 2. The highest BCUT2D eigenvalue weighted by molar-refractivity contribution is 6.03. The SMILES string of the molecule is COc1ccc(CCNc2ccc(C(=O)Nc3ccccc3F)nc2)cc1. The third-order valence-electron chi connectivity index (χ3n) is 4.02. The Labute approximate surface area is 157 Å². The standard InChI is InChI=1S/C21H20FN3O2/c1-27-17-9-6-15(7-10-17)12-13-23-16-8-11-20(24-14-16)21(26)25-19-5-3-2-4-18(19)22/h2-11,14,23H,12-13H2,1H3,(H,25,26). The number of anilines is 2. The normalized spacial score (nSPS) is 10.3. The Bertz CT molecular complexity index is 896. The summed E-state index contributed by atoms with van der Waals surface area (Å²) in [6, 6.07) is 17.3. The van der Waals surface area contributed by atoms with Gasteiger partial charge in [-0.15, -0.1) is 0 Å². The van der Waals surface area contributed by atoms with E-state index in [0.717, 1.165) is 24.4 Å². The molecule has 2 N–H and O–H groups in total. The summed E-state index contributed by atoms with van der Waals surface area (Å²) in [5.74, 6) is -0.104. The molecule has 0 bridgehead atoms. The maximum Gasteiger partial charge on any atom is 0.274 e. The summed E-state index contributed by atoms with van der Waals surface area (Å²) in [4.78, 5) is 16.3. The smallest absolute Gasteiger partial charge is 0.274 e. The van der Waals surface area contributed by atoms with Crippen molar-refractivity contribution in [3.8, 4) is 5.75 Å². The number of amides is 1. The topological polar surface area (TPSA) is 63.2 Å². The van der Waals surface area contributed by atoms with Crippen LogP contribution in [0.4, 0.5) is 15.8 Å². The molecule has 27 heavy (non-hydrogen) atoms. The van der Waals surface area contributed by atoms with Crippen LogP contribution in [0.2, 0.25) is 0 Å². The predicted octanol–water partition coefficient (Wildman–Crippen LogP) is 4.14. The number of para-hydroxylation sites is 1. The Kier molecular flexibility index (Phi) is 5.99. The Morgan fingerprint density at radius 1 is 1.07 bits per heavy atom. The molecule has 0 aliphatic rings. The van der Waals surface area contributed by atoms with Gasteiger partial charge in [0.25, 0.3) is 5.91 Å². The van der Waals surface area contributed by atoms with Gasteiger partial charge in [-0.05, 0) is 48.4 Å². The molecule has 6 heteroatoms. The second-order valence-corrected chi connectivity index (χ2v) is 5.89. The number of aromatic nitrogens is 1. The summed E-state index contributed by atoms with van der Waals surface area (Å²) in [6.07, 6.45) is 2.43. The first-order valence-electron chi connectivity index (χ1n) is 8.54. The van der Waals surface area contributed by atoms with Gasteiger partial charge >= 0.3 is 0 Å². The molecule has 0 aliphatic heterocycles. The van der Waals surface area contributed by atoms with E-state index in [2.05, 4.69) is 15.6 Å². The van der Waals surface area contributed by atoms with Gasteiger partial charge in [0.1, 0.15) is 17.3 Å². The molecule has 138 valence electrons. The molecule has 0 radical (unpaired) electrons. The summed E-state index contributed by atoms with van der Waals surface area (Å²) < 4.78 is 18.7. The molecule has 0 unspecified atom stereocenters. The van der Waals surface area contributed by atoms with E-state index in [1.165, 1.54) is 17.7 Å². The van der Waals surface area contributed by atoms with Crippen LogP contribution in [-0.2, 0) is 6.42 Å². The van der Waals surface area contributed by atoms with Gasteiger partial charge in [0, 0.05) is 6.54 Å². The molecule has 0 fully saturated rings. The largest absolute Gasteiger partial charge is 0.497 e. The predicted molar refractivity (Wildman–Crippen MR) is 104 cm³/mol. The Morgan fingerprint density at radius 2 is 1.85 bits per heavy atom. The lowest BCUT2D eigenvalue weighted by Crippen LogP contribution is -2.14. The lowest BCUT2D eigenvalue weighted by Gasteiger charge is -2.08. The van der Waals surface area contributed by atoms with Crippen molar-refractivity contribution in [2.45, 2.75) is 6.42 Å². The highest BCUT2D eigenvalue weighted by Gasteiger charge is 2.10. The van der Waals surface area contributed by atoms with Gasteiger partial charge < -0.3 is 15.4 Å². The number of ether oxygens (including phenoxy) is 1. The number of carbonyl (C=O) groups is 1. The number of hydrogen-bond acceptors (Lipinski definition) is 4. The fourth-order valence-corrected chi connectivity index (χ4v) is 2.53. The average Bonchev–Trinajstić information content (AvgIpc) is 2.71. The number of halogens is 1. The summed E-state index contributed by atoms with van der Waals surface area (Å²) >= 11 is 0. The van der Waals surface area contributed by atoms with E-state index in [-0.39, 0.29) is 11.4 Å². The summed E-state index contributed by atoms with van der Waals surface area (Å²) in [5, 5.41) is 5.77. The van der Waals surface area contributed by atoms with E-state index in [1.807, 2.05) is 24.3 Å². The van der Waals surface area contributed by atoms with E-state index in [0.29, 0.717) is 0 Å². The first-order valence-corrected chi connectivity index (χ1v) is 8.54. The van der Waals surface area contributed by atoms with Gasteiger partial charge in [-0.2, -0.15) is 0 Å². The van der Waals surface area contributed by atoms with Crippen LogP contribution in [0.1, 0.15) is 16.1 Å². The van der Waals surface area contributed by atoms with Gasteiger partial charge in [0.15, 0.2) is 0 Å². The monoisotopic (exact) mass is 365 g/mol. The molecule has 3 rings (SSSR count). The van der Waals surface area contributed by atoms with Gasteiger partial charge in [0.2, 0.25) is 0 Å². The molecule has 1 aromatic heterocycles. The van der Waals surface area contributed by atoms with Crippen molar-refractivity contribution in [2.75, 3.05) is 24.3 Å². The van der Waals surface area contributed by atoms with Gasteiger partial charge in [-0.3, -0.25) is 4.79 Å². The van der Waals surface area contributed by atoms with Gasteiger partial charge in [-0.1, -0.05) is 24.3 Å². The molecule has 0 atom stereocenters. The number of pyridine rings is 1. The maximum atomic E-state index is 13.6. The van der Waals surface area contributed by atoms with E-state index < -0.39 is 11.7 Å². The van der Waals surface area contributed by atoms with Crippen LogP contribution < -0.4 is 15.4 Å². The molecule has 0 spiro atoms. The number of rotatable bonds is 7. The molecule has 2 aromatic carbocycles. The lowest BCUT2D eigenvalue weighted by molar-refractivity contribution is 0.102. The van der Waals surface area contributed by atoms with Crippen molar-refractivity contribution < 1.29 is 13.9 Å². The Hall–Kier alpha value is -3.41. The molecule has 3 aromatic rings. The fraction of sp³-hybridized carbons (Fsp3) is 0.143. The molecule has 1 amide bonds. The quantitative estimate of drug-likeness (QED) is 0.661. The van der Waals surface area contributed by atoms with Crippen molar-refractivity contribution >= 4 is 17.3 Å². The third kappa shape index (κ3) is 5.04. The van der Waals surface area contributed by atoms with Crippen LogP contribution in [-0.4, -0.2) is 24.5 Å². The Balaban J connectivity index is 1.52. The van der Waals surface area contributed by atoms with E-state index >= 15 is 0 Å². The molecule has 0 saturated carbocycles. The zero-order valence-corrected chi connectivity index (χ0v) is 14.9.